The number of fused-ring (bicyclic) bond motifs is 1. The van der Waals surface area contributed by atoms with Crippen LogP contribution in [0, 0.1) is 0 Å². The van der Waals surface area contributed by atoms with Gasteiger partial charge < -0.3 is 9.84 Å². The van der Waals surface area contributed by atoms with Crippen molar-refractivity contribution in [2.24, 2.45) is 0 Å². The van der Waals surface area contributed by atoms with Crippen LogP contribution in [0.25, 0.3) is 16.9 Å². The molecule has 1 aromatic carbocycles. The van der Waals surface area contributed by atoms with Crippen LogP contribution >= 0.6 is 11.6 Å². The van der Waals surface area contributed by atoms with Crippen LogP contribution in [-0.4, -0.2) is 19.8 Å². The summed E-state index contributed by atoms with van der Waals surface area (Å²) in [7, 11) is 0. The zero-order valence-corrected chi connectivity index (χ0v) is 14.4. The van der Waals surface area contributed by atoms with E-state index >= 15 is 0 Å². The van der Waals surface area contributed by atoms with E-state index in [2.05, 4.69) is 27.5 Å². The summed E-state index contributed by atoms with van der Waals surface area (Å²) < 4.78 is 7.20. The SMILES string of the molecule is CCc1cc(NCc2cc(-c3ccccc3Cl)no2)n2nccc2n1. The van der Waals surface area contributed by atoms with Crippen molar-refractivity contribution in [3.05, 3.63) is 65.1 Å². The zero-order chi connectivity index (χ0) is 17.2. The lowest BCUT2D eigenvalue weighted by Crippen LogP contribution is -2.06. The molecule has 6 nitrogen and oxygen atoms in total. The van der Waals surface area contributed by atoms with Crippen LogP contribution in [0.5, 0.6) is 0 Å². The predicted octanol–water partition coefficient (Wildman–Crippen LogP) is 4.21. The molecular formula is C18H16ClN5O. The summed E-state index contributed by atoms with van der Waals surface area (Å²) in [5, 5.41) is 12.4. The van der Waals surface area contributed by atoms with E-state index in [4.69, 9.17) is 16.1 Å². The van der Waals surface area contributed by atoms with Gasteiger partial charge in [0.05, 0.1) is 17.8 Å². The van der Waals surface area contributed by atoms with E-state index in [-0.39, 0.29) is 0 Å². The number of hydrogen-bond acceptors (Lipinski definition) is 5. The summed E-state index contributed by atoms with van der Waals surface area (Å²) in [6.45, 7) is 2.56. The summed E-state index contributed by atoms with van der Waals surface area (Å²) in [5.41, 5.74) is 3.39. The maximum atomic E-state index is 6.21. The summed E-state index contributed by atoms with van der Waals surface area (Å²) in [5.74, 6) is 1.58. The van der Waals surface area contributed by atoms with Gasteiger partial charge in [0.25, 0.3) is 0 Å². The minimum atomic E-state index is 0.486. The Bertz CT molecular complexity index is 1020. The van der Waals surface area contributed by atoms with Crippen molar-refractivity contribution < 1.29 is 4.52 Å². The molecule has 0 saturated heterocycles. The van der Waals surface area contributed by atoms with E-state index < -0.39 is 0 Å². The van der Waals surface area contributed by atoms with E-state index in [0.29, 0.717) is 17.3 Å². The minimum absolute atomic E-state index is 0.486. The first-order valence-corrected chi connectivity index (χ1v) is 8.40. The van der Waals surface area contributed by atoms with Crippen LogP contribution < -0.4 is 5.32 Å². The van der Waals surface area contributed by atoms with Crippen LogP contribution in [0.2, 0.25) is 5.02 Å². The fourth-order valence-corrected chi connectivity index (χ4v) is 2.87. The number of hydrogen-bond donors (Lipinski definition) is 1. The summed E-state index contributed by atoms with van der Waals surface area (Å²) in [6, 6.07) is 13.3. The Balaban J connectivity index is 1.57. The van der Waals surface area contributed by atoms with Gasteiger partial charge in [0.1, 0.15) is 11.5 Å². The first kappa shape index (κ1) is 15.7. The molecule has 0 unspecified atom stereocenters. The minimum Gasteiger partial charge on any atom is -0.363 e. The summed E-state index contributed by atoms with van der Waals surface area (Å²) >= 11 is 6.21. The highest BCUT2D eigenvalue weighted by Crippen LogP contribution is 2.27. The van der Waals surface area contributed by atoms with Gasteiger partial charge in [-0.15, -0.1) is 0 Å². The fourth-order valence-electron chi connectivity index (χ4n) is 2.64. The van der Waals surface area contributed by atoms with Crippen LogP contribution in [0.15, 0.2) is 53.2 Å². The topological polar surface area (TPSA) is 68.2 Å². The smallest absolute Gasteiger partial charge is 0.157 e. The van der Waals surface area contributed by atoms with Gasteiger partial charge in [0.2, 0.25) is 0 Å². The van der Waals surface area contributed by atoms with Gasteiger partial charge in [-0.05, 0) is 12.5 Å². The molecule has 0 spiro atoms. The van der Waals surface area contributed by atoms with Crippen molar-refractivity contribution in [1.82, 2.24) is 19.8 Å². The number of aryl methyl sites for hydroxylation is 1. The van der Waals surface area contributed by atoms with E-state index in [9.17, 15) is 0 Å². The Labute approximate surface area is 149 Å². The van der Waals surface area contributed by atoms with Crippen LogP contribution in [0.4, 0.5) is 5.82 Å². The number of rotatable bonds is 5. The lowest BCUT2D eigenvalue weighted by molar-refractivity contribution is 0.390. The molecule has 4 rings (SSSR count). The van der Waals surface area contributed by atoms with Gasteiger partial charge in [-0.25, -0.2) is 4.98 Å². The number of anilines is 1. The molecule has 0 radical (unpaired) electrons. The Hall–Kier alpha value is -2.86. The number of halogens is 1. The second kappa shape index (κ2) is 6.57. The highest BCUT2D eigenvalue weighted by molar-refractivity contribution is 6.33. The highest BCUT2D eigenvalue weighted by atomic mass is 35.5. The first-order valence-electron chi connectivity index (χ1n) is 8.02. The number of aromatic nitrogens is 4. The Kier molecular flexibility index (Phi) is 4.11. The van der Waals surface area contributed by atoms with Gasteiger partial charge in [0, 0.05) is 29.5 Å². The zero-order valence-electron chi connectivity index (χ0n) is 13.6. The molecule has 0 saturated carbocycles. The number of nitrogens with one attached hydrogen (secondary N) is 1. The molecule has 0 aliphatic heterocycles. The van der Waals surface area contributed by atoms with Gasteiger partial charge in [-0.1, -0.05) is 41.9 Å². The second-order valence-corrected chi connectivity index (χ2v) is 6.01. The van der Waals surface area contributed by atoms with Crippen molar-refractivity contribution in [3.63, 3.8) is 0 Å². The van der Waals surface area contributed by atoms with Gasteiger partial charge in [-0.3, -0.25) is 0 Å². The lowest BCUT2D eigenvalue weighted by atomic mass is 10.1. The molecular weight excluding hydrogens is 338 g/mol. The lowest BCUT2D eigenvalue weighted by Gasteiger charge is -2.08. The van der Waals surface area contributed by atoms with Crippen LogP contribution in [-0.2, 0) is 13.0 Å². The fraction of sp³-hybridized carbons (Fsp3) is 0.167. The Morgan fingerprint density at radius 1 is 1.20 bits per heavy atom. The normalized spacial score (nSPS) is 11.1. The van der Waals surface area contributed by atoms with E-state index in [1.807, 2.05) is 42.5 Å². The van der Waals surface area contributed by atoms with Crippen LogP contribution in [0.3, 0.4) is 0 Å². The Morgan fingerprint density at radius 2 is 2.08 bits per heavy atom. The molecule has 0 aliphatic rings. The maximum Gasteiger partial charge on any atom is 0.157 e. The molecule has 4 aromatic rings. The van der Waals surface area contributed by atoms with E-state index in [1.54, 1.807) is 10.7 Å². The standard InChI is InChI=1S/C18H16ClN5O/c1-2-12-9-18(24-17(22-12)7-8-21-24)20-11-13-10-16(23-25-13)14-5-3-4-6-15(14)19/h3-10,20H,2,11H2,1H3. The third kappa shape index (κ3) is 3.08. The van der Waals surface area contributed by atoms with E-state index in [1.165, 1.54) is 0 Å². The van der Waals surface area contributed by atoms with Crippen molar-refractivity contribution >= 4 is 23.1 Å². The number of benzene rings is 1. The molecule has 0 fully saturated rings. The average Bonchev–Trinajstić information content (AvgIpc) is 3.29. The van der Waals surface area contributed by atoms with Crippen molar-refractivity contribution in [2.45, 2.75) is 19.9 Å². The second-order valence-electron chi connectivity index (χ2n) is 5.60. The van der Waals surface area contributed by atoms with Gasteiger partial charge >= 0.3 is 0 Å². The molecule has 25 heavy (non-hydrogen) atoms. The third-order valence-corrected chi connectivity index (χ3v) is 4.26. The average molecular weight is 354 g/mol. The molecule has 0 aliphatic carbocycles. The monoisotopic (exact) mass is 353 g/mol. The quantitative estimate of drug-likeness (QED) is 0.582. The summed E-state index contributed by atoms with van der Waals surface area (Å²) in [4.78, 5) is 4.53. The molecule has 0 amide bonds. The van der Waals surface area contributed by atoms with Gasteiger partial charge in [0.15, 0.2) is 11.4 Å². The predicted molar refractivity (Wildman–Crippen MR) is 96.6 cm³/mol. The molecule has 0 atom stereocenters. The van der Waals surface area contributed by atoms with Crippen molar-refractivity contribution in [3.8, 4) is 11.3 Å². The van der Waals surface area contributed by atoms with Crippen molar-refractivity contribution in [1.29, 1.82) is 0 Å². The molecule has 3 heterocycles. The van der Waals surface area contributed by atoms with Crippen molar-refractivity contribution in [2.75, 3.05) is 5.32 Å². The highest BCUT2D eigenvalue weighted by Gasteiger charge is 2.11. The maximum absolute atomic E-state index is 6.21. The van der Waals surface area contributed by atoms with E-state index in [0.717, 1.165) is 34.8 Å². The number of nitrogens with zero attached hydrogens (tertiary/aromatic N) is 4. The molecule has 1 N–H and O–H groups in total. The molecule has 126 valence electrons. The molecule has 7 heteroatoms. The summed E-state index contributed by atoms with van der Waals surface area (Å²) in [6.07, 6.45) is 2.59. The molecule has 3 aromatic heterocycles. The van der Waals surface area contributed by atoms with Gasteiger partial charge in [-0.2, -0.15) is 9.61 Å². The third-order valence-electron chi connectivity index (χ3n) is 3.93. The Morgan fingerprint density at radius 3 is 2.92 bits per heavy atom. The molecule has 0 bridgehead atoms. The first-order chi connectivity index (χ1) is 12.2. The largest absolute Gasteiger partial charge is 0.363 e. The van der Waals surface area contributed by atoms with Crippen LogP contribution in [0.1, 0.15) is 18.4 Å².